The van der Waals surface area contributed by atoms with Crippen molar-refractivity contribution < 1.29 is 14.6 Å². The van der Waals surface area contributed by atoms with Gasteiger partial charge in [-0.3, -0.25) is 0 Å². The van der Waals surface area contributed by atoms with Gasteiger partial charge in [-0.2, -0.15) is 0 Å². The molecular formula is C10H13N3O3. The fourth-order valence-electron chi connectivity index (χ4n) is 2.22. The molecule has 0 amide bonds. The van der Waals surface area contributed by atoms with E-state index in [-0.39, 0.29) is 17.6 Å². The van der Waals surface area contributed by atoms with E-state index in [0.717, 1.165) is 0 Å². The lowest BCUT2D eigenvalue weighted by Crippen LogP contribution is -2.30. The Kier molecular flexibility index (Phi) is 1.94. The lowest BCUT2D eigenvalue weighted by atomic mass is 10.2. The van der Waals surface area contributed by atoms with Gasteiger partial charge in [0.1, 0.15) is 12.4 Å². The molecule has 1 unspecified atom stereocenters. The zero-order chi connectivity index (χ0) is 11.3. The number of fused-ring (bicyclic) bond motifs is 1. The second-order valence-electron chi connectivity index (χ2n) is 4.36. The number of nitrogen functional groups attached to an aromatic ring is 1. The molecular weight excluding hydrogens is 210 g/mol. The second kappa shape index (κ2) is 3.21. The van der Waals surface area contributed by atoms with E-state index in [0.29, 0.717) is 24.9 Å². The van der Waals surface area contributed by atoms with Gasteiger partial charge in [0, 0.05) is 0 Å². The van der Waals surface area contributed by atoms with Crippen molar-refractivity contribution >= 4 is 11.8 Å². The van der Waals surface area contributed by atoms with Crippen LogP contribution < -0.4 is 5.73 Å². The number of anilines is 1. The van der Waals surface area contributed by atoms with Gasteiger partial charge < -0.3 is 20.1 Å². The Balaban J connectivity index is 1.97. The van der Waals surface area contributed by atoms with Crippen molar-refractivity contribution in [2.24, 2.45) is 5.92 Å². The highest BCUT2D eigenvalue weighted by Gasteiger charge is 2.37. The van der Waals surface area contributed by atoms with E-state index in [1.165, 1.54) is 12.8 Å². The Morgan fingerprint density at radius 3 is 2.94 bits per heavy atom. The van der Waals surface area contributed by atoms with Crippen LogP contribution in [0.1, 0.15) is 29.2 Å². The molecule has 3 N–H and O–H groups in total. The van der Waals surface area contributed by atoms with Crippen LogP contribution in [0.5, 0.6) is 0 Å². The Morgan fingerprint density at radius 1 is 1.56 bits per heavy atom. The topological polar surface area (TPSA) is 90.4 Å². The number of hydrogen-bond acceptors (Lipinski definition) is 4. The number of aromatic carboxylic acids is 1. The van der Waals surface area contributed by atoms with Crippen molar-refractivity contribution in [2.75, 3.05) is 5.73 Å². The number of nitrogens with two attached hydrogens (primary N) is 1. The van der Waals surface area contributed by atoms with Gasteiger partial charge in [-0.1, -0.05) is 0 Å². The number of carboxylic acid groups (broad SMARTS) is 1. The number of hydrogen-bond donors (Lipinski definition) is 2. The van der Waals surface area contributed by atoms with E-state index >= 15 is 0 Å². The molecule has 1 atom stereocenters. The third-order valence-corrected chi connectivity index (χ3v) is 3.21. The monoisotopic (exact) mass is 223 g/mol. The second-order valence-corrected chi connectivity index (χ2v) is 4.36. The first-order valence-corrected chi connectivity index (χ1v) is 5.36. The molecule has 0 spiro atoms. The summed E-state index contributed by atoms with van der Waals surface area (Å²) in [5, 5.41) is 9.07. The highest BCUT2D eigenvalue weighted by atomic mass is 16.5. The minimum atomic E-state index is -1.02. The van der Waals surface area contributed by atoms with E-state index in [1.54, 1.807) is 4.57 Å². The van der Waals surface area contributed by atoms with Crippen LogP contribution >= 0.6 is 0 Å². The summed E-state index contributed by atoms with van der Waals surface area (Å²) in [5.41, 5.74) is 5.69. The number of ether oxygens (including phenoxy) is 1. The number of imidazole rings is 1. The van der Waals surface area contributed by atoms with Crippen molar-refractivity contribution in [3.63, 3.8) is 0 Å². The molecule has 3 rings (SSSR count). The molecule has 2 heterocycles. The quantitative estimate of drug-likeness (QED) is 0.760. The summed E-state index contributed by atoms with van der Waals surface area (Å²) in [6.07, 6.45) is 2.47. The average Bonchev–Trinajstić information content (AvgIpc) is 2.99. The number of nitrogens with zero attached hydrogens (tertiary/aromatic N) is 2. The van der Waals surface area contributed by atoms with Gasteiger partial charge in [-0.05, 0) is 18.8 Å². The largest absolute Gasteiger partial charge is 0.476 e. The molecule has 0 saturated heterocycles. The van der Waals surface area contributed by atoms with Gasteiger partial charge in [-0.25, -0.2) is 9.78 Å². The lowest BCUT2D eigenvalue weighted by molar-refractivity contribution is -0.0121. The van der Waals surface area contributed by atoms with E-state index in [9.17, 15) is 4.79 Å². The van der Waals surface area contributed by atoms with E-state index in [1.807, 2.05) is 0 Å². The van der Waals surface area contributed by atoms with Gasteiger partial charge in [0.15, 0.2) is 11.5 Å². The summed E-state index contributed by atoms with van der Waals surface area (Å²) in [6.45, 7) is 0.921. The summed E-state index contributed by atoms with van der Waals surface area (Å²) in [7, 11) is 0. The van der Waals surface area contributed by atoms with Crippen molar-refractivity contribution in [3.8, 4) is 0 Å². The predicted molar refractivity (Wildman–Crippen MR) is 54.9 cm³/mol. The van der Waals surface area contributed by atoms with Crippen LogP contribution in [0.25, 0.3) is 0 Å². The fraction of sp³-hybridized carbons (Fsp3) is 0.600. The van der Waals surface area contributed by atoms with Crippen LogP contribution in [0.4, 0.5) is 5.82 Å². The maximum Gasteiger partial charge on any atom is 0.356 e. The number of carbonyl (C=O) groups is 1. The maximum absolute atomic E-state index is 11.1. The Morgan fingerprint density at radius 2 is 2.31 bits per heavy atom. The van der Waals surface area contributed by atoms with E-state index in [2.05, 4.69) is 4.98 Å². The molecule has 1 aliphatic heterocycles. The number of rotatable bonds is 2. The SMILES string of the molecule is Nc1nc2n(c1C(=O)O)CC(C1CC1)OC2. The molecule has 2 aliphatic rings. The summed E-state index contributed by atoms with van der Waals surface area (Å²) >= 11 is 0. The summed E-state index contributed by atoms with van der Waals surface area (Å²) in [4.78, 5) is 15.1. The molecule has 1 aromatic rings. The van der Waals surface area contributed by atoms with Crippen LogP contribution in [0.3, 0.4) is 0 Å². The minimum Gasteiger partial charge on any atom is -0.476 e. The molecule has 6 heteroatoms. The van der Waals surface area contributed by atoms with Gasteiger partial charge in [0.05, 0.1) is 12.6 Å². The molecule has 0 radical (unpaired) electrons. The first-order chi connectivity index (χ1) is 7.66. The van der Waals surface area contributed by atoms with Crippen LogP contribution in [-0.4, -0.2) is 26.7 Å². The molecule has 0 bridgehead atoms. The maximum atomic E-state index is 11.1. The average molecular weight is 223 g/mol. The molecule has 0 aromatic carbocycles. The van der Waals surface area contributed by atoms with Crippen LogP contribution in [0.2, 0.25) is 0 Å². The third kappa shape index (κ3) is 1.37. The molecule has 1 fully saturated rings. The number of aromatic nitrogens is 2. The van der Waals surface area contributed by atoms with Gasteiger partial charge >= 0.3 is 5.97 Å². The molecule has 6 nitrogen and oxygen atoms in total. The van der Waals surface area contributed by atoms with Crippen LogP contribution in [-0.2, 0) is 17.9 Å². The van der Waals surface area contributed by atoms with E-state index in [4.69, 9.17) is 15.6 Å². The zero-order valence-electron chi connectivity index (χ0n) is 8.72. The third-order valence-electron chi connectivity index (χ3n) is 3.21. The van der Waals surface area contributed by atoms with Crippen LogP contribution in [0, 0.1) is 5.92 Å². The van der Waals surface area contributed by atoms with Crippen molar-refractivity contribution in [2.45, 2.75) is 32.1 Å². The standard InChI is InChI=1S/C10H13N3O3/c11-9-8(10(14)15)13-3-6(5-1-2-5)16-4-7(13)12-9/h5-6H,1-4,11H2,(H,14,15). The zero-order valence-corrected chi connectivity index (χ0v) is 8.72. The van der Waals surface area contributed by atoms with E-state index < -0.39 is 5.97 Å². The van der Waals surface area contributed by atoms with Crippen molar-refractivity contribution in [1.29, 1.82) is 0 Å². The molecule has 16 heavy (non-hydrogen) atoms. The highest BCUT2D eigenvalue weighted by Crippen LogP contribution is 2.37. The van der Waals surface area contributed by atoms with Crippen molar-refractivity contribution in [1.82, 2.24) is 9.55 Å². The van der Waals surface area contributed by atoms with Crippen LogP contribution in [0.15, 0.2) is 0 Å². The molecule has 1 saturated carbocycles. The smallest absolute Gasteiger partial charge is 0.356 e. The summed E-state index contributed by atoms with van der Waals surface area (Å²) < 4.78 is 7.33. The number of carboxylic acids is 1. The Labute approximate surface area is 92.0 Å². The Bertz CT molecular complexity index is 450. The lowest BCUT2D eigenvalue weighted by Gasteiger charge is -2.24. The molecule has 1 aliphatic carbocycles. The Hall–Kier alpha value is -1.56. The van der Waals surface area contributed by atoms with Gasteiger partial charge in [-0.15, -0.1) is 0 Å². The minimum absolute atomic E-state index is 0.0857. The molecule has 86 valence electrons. The summed E-state index contributed by atoms with van der Waals surface area (Å²) in [5.74, 6) is 0.264. The van der Waals surface area contributed by atoms with Gasteiger partial charge in [0.2, 0.25) is 0 Å². The summed E-state index contributed by atoms with van der Waals surface area (Å²) in [6, 6.07) is 0. The fourth-order valence-corrected chi connectivity index (χ4v) is 2.22. The van der Waals surface area contributed by atoms with Crippen molar-refractivity contribution in [3.05, 3.63) is 11.5 Å². The highest BCUT2D eigenvalue weighted by molar-refractivity contribution is 5.91. The molecule has 1 aromatic heterocycles. The first-order valence-electron chi connectivity index (χ1n) is 5.36. The predicted octanol–water partition coefficient (Wildman–Crippen LogP) is 0.472. The van der Waals surface area contributed by atoms with Gasteiger partial charge in [0.25, 0.3) is 0 Å². The first kappa shape index (κ1) is 9.65. The normalized spacial score (nSPS) is 24.1.